The molecule has 1 aromatic heterocycles. The fraction of sp³-hybridized carbons (Fsp3) is 0.250. The van der Waals surface area contributed by atoms with Crippen molar-refractivity contribution in [2.45, 2.75) is 19.9 Å². The molecule has 0 fully saturated rings. The minimum Gasteiger partial charge on any atom is -0.497 e. The highest BCUT2D eigenvalue weighted by Crippen LogP contribution is 2.40. The van der Waals surface area contributed by atoms with Crippen molar-refractivity contribution in [3.63, 3.8) is 0 Å². The van der Waals surface area contributed by atoms with Crippen LogP contribution in [0.5, 0.6) is 17.4 Å². The Morgan fingerprint density at radius 2 is 1.70 bits per heavy atom. The van der Waals surface area contributed by atoms with Crippen LogP contribution < -0.4 is 9.47 Å². The van der Waals surface area contributed by atoms with Crippen LogP contribution in [0.3, 0.4) is 0 Å². The number of fused-ring (bicyclic) bond motifs is 1. The molecule has 0 spiro atoms. The van der Waals surface area contributed by atoms with Crippen LogP contribution in [0, 0.1) is 0 Å². The maximum atomic E-state index is 12.5. The van der Waals surface area contributed by atoms with Gasteiger partial charge in [0.25, 0.3) is 5.91 Å². The van der Waals surface area contributed by atoms with Gasteiger partial charge in [-0.2, -0.15) is 0 Å². The maximum absolute atomic E-state index is 12.5. The summed E-state index contributed by atoms with van der Waals surface area (Å²) in [7, 11) is 3.01. The van der Waals surface area contributed by atoms with Gasteiger partial charge in [0, 0.05) is 17.5 Å². The lowest BCUT2D eigenvalue weighted by molar-refractivity contribution is 0.0994. The van der Waals surface area contributed by atoms with Gasteiger partial charge < -0.3 is 19.1 Å². The zero-order valence-electron chi connectivity index (χ0n) is 15.6. The lowest BCUT2D eigenvalue weighted by Crippen LogP contribution is -1.98. The van der Waals surface area contributed by atoms with Gasteiger partial charge in [0.1, 0.15) is 11.5 Å². The van der Waals surface area contributed by atoms with Crippen LogP contribution in [0.4, 0.5) is 5.69 Å². The molecule has 0 unspecified atom stereocenters. The summed E-state index contributed by atoms with van der Waals surface area (Å²) in [5.74, 6) is 0.373. The molecule has 140 valence electrons. The Kier molecular flexibility index (Phi) is 5.12. The number of carbonyl (C=O) groups is 1. The van der Waals surface area contributed by atoms with E-state index in [0.717, 1.165) is 10.9 Å². The number of para-hydroxylation sites is 1. The topological polar surface area (TPSA) is 85.4 Å². The zero-order chi connectivity index (χ0) is 19.6. The van der Waals surface area contributed by atoms with Crippen molar-refractivity contribution in [1.29, 1.82) is 0 Å². The molecule has 0 aliphatic carbocycles. The molecule has 2 aromatic carbocycles. The fourth-order valence-electron chi connectivity index (χ4n) is 2.94. The molecular formula is C20H21N3O4. The summed E-state index contributed by atoms with van der Waals surface area (Å²) < 4.78 is 12.1. The third kappa shape index (κ3) is 3.48. The first-order valence-corrected chi connectivity index (χ1v) is 8.47. The van der Waals surface area contributed by atoms with E-state index in [0.29, 0.717) is 11.5 Å². The predicted molar refractivity (Wildman–Crippen MR) is 102 cm³/mol. The van der Waals surface area contributed by atoms with Gasteiger partial charge in [0.2, 0.25) is 5.88 Å². The molecule has 0 atom stereocenters. The lowest BCUT2D eigenvalue weighted by Gasteiger charge is -2.10. The number of amides is 1. The standard InChI is InChI=1S/C20H21N3O4/c1-12(2)23-17-8-6-5-7-16(17)18(20(23)25)21-22-19(24)13-9-14(26-3)11-15(10-13)27-4/h5-12,25H,1-4H3. The smallest absolute Gasteiger partial charge is 0.295 e. The van der Waals surface area contributed by atoms with E-state index in [-0.39, 0.29) is 23.2 Å². The van der Waals surface area contributed by atoms with E-state index in [1.54, 1.807) is 22.8 Å². The summed E-state index contributed by atoms with van der Waals surface area (Å²) in [5, 5.41) is 19.2. The molecule has 0 saturated heterocycles. The van der Waals surface area contributed by atoms with Crippen LogP contribution in [-0.2, 0) is 0 Å². The van der Waals surface area contributed by atoms with Gasteiger partial charge in [-0.25, -0.2) is 0 Å². The number of hydrogen-bond donors (Lipinski definition) is 1. The van der Waals surface area contributed by atoms with Crippen LogP contribution in [0.1, 0.15) is 30.2 Å². The Balaban J connectivity index is 2.02. The number of nitrogens with zero attached hydrogens (tertiary/aromatic N) is 3. The predicted octanol–water partition coefficient (Wildman–Crippen LogP) is 4.87. The molecule has 0 aliphatic rings. The molecule has 0 saturated carbocycles. The molecule has 1 heterocycles. The second-order valence-corrected chi connectivity index (χ2v) is 6.26. The van der Waals surface area contributed by atoms with Crippen LogP contribution in [-0.4, -0.2) is 29.8 Å². The SMILES string of the molecule is COc1cc(OC)cc(C(=O)N=Nc2c(O)n(C(C)C)c3ccccc23)c1. The quantitative estimate of drug-likeness (QED) is 0.652. The molecule has 3 aromatic rings. The normalized spacial score (nSPS) is 11.4. The van der Waals surface area contributed by atoms with E-state index in [2.05, 4.69) is 10.2 Å². The first kappa shape index (κ1) is 18.4. The highest BCUT2D eigenvalue weighted by atomic mass is 16.5. The second kappa shape index (κ2) is 7.49. The van der Waals surface area contributed by atoms with Gasteiger partial charge in [0.15, 0.2) is 5.69 Å². The molecule has 1 amide bonds. The highest BCUT2D eigenvalue weighted by Gasteiger charge is 2.18. The largest absolute Gasteiger partial charge is 0.497 e. The Bertz CT molecular complexity index is 999. The van der Waals surface area contributed by atoms with Crippen molar-refractivity contribution in [2.24, 2.45) is 10.2 Å². The van der Waals surface area contributed by atoms with Crippen molar-refractivity contribution in [1.82, 2.24) is 4.57 Å². The first-order valence-electron chi connectivity index (χ1n) is 8.47. The van der Waals surface area contributed by atoms with Crippen molar-refractivity contribution in [3.8, 4) is 17.4 Å². The molecule has 0 aliphatic heterocycles. The zero-order valence-corrected chi connectivity index (χ0v) is 15.6. The van der Waals surface area contributed by atoms with Gasteiger partial charge in [-0.1, -0.05) is 18.2 Å². The summed E-state index contributed by atoms with van der Waals surface area (Å²) in [5.41, 5.74) is 1.37. The molecule has 0 radical (unpaired) electrons. The van der Waals surface area contributed by atoms with E-state index in [1.165, 1.54) is 14.2 Å². The first-order chi connectivity index (χ1) is 13.0. The van der Waals surface area contributed by atoms with Crippen molar-refractivity contribution >= 4 is 22.5 Å². The Labute approximate surface area is 156 Å². The number of benzene rings is 2. The van der Waals surface area contributed by atoms with E-state index < -0.39 is 5.91 Å². The average Bonchev–Trinajstić information content (AvgIpc) is 2.96. The maximum Gasteiger partial charge on any atom is 0.295 e. The van der Waals surface area contributed by atoms with Gasteiger partial charge in [-0.05, 0) is 32.0 Å². The number of azo groups is 1. The number of aromatic nitrogens is 1. The number of carbonyl (C=O) groups excluding carboxylic acids is 1. The summed E-state index contributed by atoms with van der Waals surface area (Å²) in [6.07, 6.45) is 0. The minimum absolute atomic E-state index is 0.0222. The van der Waals surface area contributed by atoms with Crippen LogP contribution in [0.2, 0.25) is 0 Å². The number of aromatic hydroxyl groups is 1. The number of hydrogen-bond acceptors (Lipinski definition) is 5. The fourth-order valence-corrected chi connectivity index (χ4v) is 2.94. The molecule has 0 bridgehead atoms. The number of methoxy groups -OCH3 is 2. The molecule has 27 heavy (non-hydrogen) atoms. The second-order valence-electron chi connectivity index (χ2n) is 6.26. The van der Waals surface area contributed by atoms with E-state index >= 15 is 0 Å². The molecular weight excluding hydrogens is 346 g/mol. The molecule has 7 nitrogen and oxygen atoms in total. The Morgan fingerprint density at radius 3 is 2.30 bits per heavy atom. The van der Waals surface area contributed by atoms with Gasteiger partial charge in [-0.3, -0.25) is 4.79 Å². The Morgan fingerprint density at radius 1 is 1.07 bits per heavy atom. The number of rotatable bonds is 5. The van der Waals surface area contributed by atoms with E-state index in [9.17, 15) is 9.90 Å². The van der Waals surface area contributed by atoms with Gasteiger partial charge in [0.05, 0.1) is 25.3 Å². The lowest BCUT2D eigenvalue weighted by atomic mass is 10.2. The third-order valence-electron chi connectivity index (χ3n) is 4.21. The molecule has 1 N–H and O–H groups in total. The van der Waals surface area contributed by atoms with Crippen LogP contribution >= 0.6 is 0 Å². The van der Waals surface area contributed by atoms with Gasteiger partial charge >= 0.3 is 0 Å². The Hall–Kier alpha value is -3.35. The summed E-state index contributed by atoms with van der Waals surface area (Å²) >= 11 is 0. The third-order valence-corrected chi connectivity index (χ3v) is 4.21. The highest BCUT2D eigenvalue weighted by molar-refractivity contribution is 5.97. The average molecular weight is 367 g/mol. The molecule has 7 heteroatoms. The van der Waals surface area contributed by atoms with Crippen molar-refractivity contribution < 1.29 is 19.4 Å². The van der Waals surface area contributed by atoms with Crippen molar-refractivity contribution in [2.75, 3.05) is 14.2 Å². The summed E-state index contributed by atoms with van der Waals surface area (Å²) in [4.78, 5) is 12.5. The van der Waals surface area contributed by atoms with Crippen LogP contribution in [0.15, 0.2) is 52.7 Å². The van der Waals surface area contributed by atoms with E-state index in [1.807, 2.05) is 38.1 Å². The summed E-state index contributed by atoms with van der Waals surface area (Å²) in [6.45, 7) is 3.92. The van der Waals surface area contributed by atoms with Crippen LogP contribution in [0.25, 0.3) is 10.9 Å². The van der Waals surface area contributed by atoms with Gasteiger partial charge in [-0.15, -0.1) is 10.2 Å². The monoisotopic (exact) mass is 367 g/mol. The number of ether oxygens (including phenoxy) is 2. The van der Waals surface area contributed by atoms with E-state index in [4.69, 9.17) is 9.47 Å². The summed E-state index contributed by atoms with van der Waals surface area (Å²) in [6, 6.07) is 12.3. The van der Waals surface area contributed by atoms with Crippen molar-refractivity contribution in [3.05, 3.63) is 48.0 Å². The minimum atomic E-state index is -0.562. The molecule has 3 rings (SSSR count).